The van der Waals surface area contributed by atoms with Crippen molar-refractivity contribution in [3.8, 4) is 0 Å². The standard InChI is InChI=1S/C24H25N3O2S/c1-27(16-13-19-11-14-25-15-12-19)24(29)21-9-7-20(8-10-21)17-30-18-23(28)26-22-5-3-2-4-6-22/h2-12,14-15H,13,16-18H2,1H3,(H,26,28). The lowest BCUT2D eigenvalue weighted by Crippen LogP contribution is -2.28. The van der Waals surface area contributed by atoms with Crippen molar-refractivity contribution in [2.24, 2.45) is 0 Å². The highest BCUT2D eigenvalue weighted by atomic mass is 32.2. The van der Waals surface area contributed by atoms with Crippen molar-refractivity contribution in [2.75, 3.05) is 24.7 Å². The molecule has 1 N–H and O–H groups in total. The fourth-order valence-electron chi connectivity index (χ4n) is 2.89. The Morgan fingerprint density at radius 1 is 0.933 bits per heavy atom. The SMILES string of the molecule is CN(CCc1ccncc1)C(=O)c1ccc(CSCC(=O)Nc2ccccc2)cc1. The van der Waals surface area contributed by atoms with Gasteiger partial charge in [-0.05, 0) is 53.9 Å². The van der Waals surface area contributed by atoms with Gasteiger partial charge in [0.05, 0.1) is 5.75 Å². The molecule has 0 aliphatic carbocycles. The van der Waals surface area contributed by atoms with Crippen molar-refractivity contribution in [3.05, 3.63) is 95.8 Å². The average Bonchev–Trinajstić information content (AvgIpc) is 2.79. The van der Waals surface area contributed by atoms with Gasteiger partial charge >= 0.3 is 0 Å². The van der Waals surface area contributed by atoms with Crippen molar-refractivity contribution < 1.29 is 9.59 Å². The Hall–Kier alpha value is -3.12. The van der Waals surface area contributed by atoms with Crippen molar-refractivity contribution in [1.82, 2.24) is 9.88 Å². The summed E-state index contributed by atoms with van der Waals surface area (Å²) in [6.07, 6.45) is 4.32. The number of likely N-dealkylation sites (N-methyl/N-ethyl adjacent to an activating group) is 1. The van der Waals surface area contributed by atoms with Crippen LogP contribution in [-0.2, 0) is 17.0 Å². The zero-order valence-electron chi connectivity index (χ0n) is 17.0. The van der Waals surface area contributed by atoms with Gasteiger partial charge in [-0.15, -0.1) is 11.8 Å². The zero-order chi connectivity index (χ0) is 21.2. The highest BCUT2D eigenvalue weighted by molar-refractivity contribution is 7.99. The van der Waals surface area contributed by atoms with E-state index in [0.29, 0.717) is 23.6 Å². The molecule has 0 unspecified atom stereocenters. The van der Waals surface area contributed by atoms with Crippen LogP contribution in [-0.4, -0.2) is 41.0 Å². The molecule has 0 aliphatic rings. The summed E-state index contributed by atoms with van der Waals surface area (Å²) in [6, 6.07) is 21.0. The monoisotopic (exact) mass is 419 g/mol. The zero-order valence-corrected chi connectivity index (χ0v) is 17.8. The summed E-state index contributed by atoms with van der Waals surface area (Å²) in [4.78, 5) is 30.4. The van der Waals surface area contributed by atoms with E-state index in [1.165, 1.54) is 0 Å². The van der Waals surface area contributed by atoms with Crippen LogP contribution in [0.4, 0.5) is 5.69 Å². The first kappa shape index (κ1) is 21.6. The summed E-state index contributed by atoms with van der Waals surface area (Å²) in [6.45, 7) is 0.650. The summed E-state index contributed by atoms with van der Waals surface area (Å²) >= 11 is 1.55. The number of carbonyl (C=O) groups is 2. The Bertz CT molecular complexity index is 947. The summed E-state index contributed by atoms with van der Waals surface area (Å²) in [5.41, 5.74) is 3.72. The largest absolute Gasteiger partial charge is 0.341 e. The molecule has 0 radical (unpaired) electrons. The van der Waals surface area contributed by atoms with Gasteiger partial charge in [0.1, 0.15) is 0 Å². The van der Waals surface area contributed by atoms with Crippen LogP contribution in [0.3, 0.4) is 0 Å². The third-order valence-corrected chi connectivity index (χ3v) is 5.60. The van der Waals surface area contributed by atoms with Crippen molar-refractivity contribution in [1.29, 1.82) is 0 Å². The fourth-order valence-corrected chi connectivity index (χ4v) is 3.68. The molecule has 2 aromatic carbocycles. The number of rotatable bonds is 9. The minimum atomic E-state index is -0.0196. The second-order valence-corrected chi connectivity index (χ2v) is 7.92. The van der Waals surface area contributed by atoms with Gasteiger partial charge in [0.2, 0.25) is 5.91 Å². The highest BCUT2D eigenvalue weighted by Gasteiger charge is 2.11. The Labute approximate surface area is 181 Å². The van der Waals surface area contributed by atoms with Gasteiger partial charge in [0.25, 0.3) is 5.91 Å². The molecule has 1 aromatic heterocycles. The second-order valence-electron chi connectivity index (χ2n) is 6.94. The first-order chi connectivity index (χ1) is 14.6. The van der Waals surface area contributed by atoms with Gasteiger partial charge in [0, 0.05) is 43.0 Å². The first-order valence-corrected chi connectivity index (χ1v) is 10.9. The topological polar surface area (TPSA) is 62.3 Å². The number of hydrogen-bond donors (Lipinski definition) is 1. The molecule has 0 fully saturated rings. The van der Waals surface area contributed by atoms with Crippen LogP contribution >= 0.6 is 11.8 Å². The van der Waals surface area contributed by atoms with E-state index in [2.05, 4.69) is 10.3 Å². The molecule has 0 atom stereocenters. The third-order valence-electron chi connectivity index (χ3n) is 4.59. The van der Waals surface area contributed by atoms with Gasteiger partial charge in [-0.1, -0.05) is 30.3 Å². The van der Waals surface area contributed by atoms with Gasteiger partial charge in [-0.2, -0.15) is 0 Å². The quantitative estimate of drug-likeness (QED) is 0.563. The van der Waals surface area contributed by atoms with Crippen LogP contribution in [0.15, 0.2) is 79.1 Å². The molecule has 0 bridgehead atoms. The molecule has 30 heavy (non-hydrogen) atoms. The minimum absolute atomic E-state index is 0.00509. The molecule has 0 saturated carbocycles. The van der Waals surface area contributed by atoms with Crippen LogP contribution in [0, 0.1) is 0 Å². The fraction of sp³-hybridized carbons (Fsp3) is 0.208. The highest BCUT2D eigenvalue weighted by Crippen LogP contribution is 2.15. The Morgan fingerprint density at radius 3 is 2.33 bits per heavy atom. The molecule has 154 valence electrons. The molecule has 0 aliphatic heterocycles. The number of carbonyl (C=O) groups excluding carboxylic acids is 2. The molecule has 6 heteroatoms. The van der Waals surface area contributed by atoms with Gasteiger partial charge in [-0.25, -0.2) is 0 Å². The van der Waals surface area contributed by atoms with E-state index in [0.717, 1.165) is 23.2 Å². The number of aromatic nitrogens is 1. The summed E-state index contributed by atoms with van der Waals surface area (Å²) in [7, 11) is 1.82. The Balaban J connectivity index is 1.42. The number of nitrogens with one attached hydrogen (secondary N) is 1. The van der Waals surface area contributed by atoms with E-state index < -0.39 is 0 Å². The predicted octanol–water partition coefficient (Wildman–Crippen LogP) is 4.27. The van der Waals surface area contributed by atoms with Gasteiger partial charge < -0.3 is 10.2 Å². The lowest BCUT2D eigenvalue weighted by molar-refractivity contribution is -0.113. The normalized spacial score (nSPS) is 10.4. The number of pyridine rings is 1. The maximum Gasteiger partial charge on any atom is 0.253 e. The Morgan fingerprint density at radius 2 is 1.63 bits per heavy atom. The Kier molecular flexibility index (Phi) is 8.03. The predicted molar refractivity (Wildman–Crippen MR) is 123 cm³/mol. The summed E-state index contributed by atoms with van der Waals surface area (Å²) in [5.74, 6) is 1.08. The number of benzene rings is 2. The minimum Gasteiger partial charge on any atom is -0.341 e. The van der Waals surface area contributed by atoms with Crippen LogP contribution in [0.25, 0.3) is 0 Å². The van der Waals surface area contributed by atoms with E-state index in [-0.39, 0.29) is 11.8 Å². The molecule has 0 saturated heterocycles. The maximum absolute atomic E-state index is 12.6. The van der Waals surface area contributed by atoms with Crippen LogP contribution in [0.1, 0.15) is 21.5 Å². The molecule has 3 rings (SSSR count). The second kappa shape index (κ2) is 11.2. The smallest absolute Gasteiger partial charge is 0.253 e. The van der Waals surface area contributed by atoms with Crippen LogP contribution < -0.4 is 5.32 Å². The van der Waals surface area contributed by atoms with E-state index in [9.17, 15) is 9.59 Å². The third kappa shape index (κ3) is 6.74. The number of hydrogen-bond acceptors (Lipinski definition) is 4. The maximum atomic E-state index is 12.6. The number of amides is 2. The van der Waals surface area contributed by atoms with Crippen molar-refractivity contribution in [3.63, 3.8) is 0 Å². The van der Waals surface area contributed by atoms with Gasteiger partial charge in [0.15, 0.2) is 0 Å². The van der Waals surface area contributed by atoms with E-state index in [1.54, 1.807) is 29.1 Å². The molecular formula is C24H25N3O2S. The van der Waals surface area contributed by atoms with Crippen molar-refractivity contribution >= 4 is 29.3 Å². The summed E-state index contributed by atoms with van der Waals surface area (Å²) < 4.78 is 0. The molecular weight excluding hydrogens is 394 g/mol. The lowest BCUT2D eigenvalue weighted by Gasteiger charge is -2.17. The van der Waals surface area contributed by atoms with E-state index in [4.69, 9.17) is 0 Å². The molecule has 0 spiro atoms. The number of thioether (sulfide) groups is 1. The first-order valence-electron chi connectivity index (χ1n) is 9.78. The molecule has 2 amide bonds. The van der Waals surface area contributed by atoms with E-state index >= 15 is 0 Å². The number of anilines is 1. The lowest BCUT2D eigenvalue weighted by atomic mass is 10.1. The molecule has 1 heterocycles. The summed E-state index contributed by atoms with van der Waals surface area (Å²) in [5, 5.41) is 2.88. The van der Waals surface area contributed by atoms with E-state index in [1.807, 2.05) is 73.8 Å². The number of para-hydroxylation sites is 1. The average molecular weight is 420 g/mol. The van der Waals surface area contributed by atoms with Gasteiger partial charge in [-0.3, -0.25) is 14.6 Å². The van der Waals surface area contributed by atoms with Crippen molar-refractivity contribution in [2.45, 2.75) is 12.2 Å². The van der Waals surface area contributed by atoms with Crippen LogP contribution in [0.2, 0.25) is 0 Å². The van der Waals surface area contributed by atoms with Crippen LogP contribution in [0.5, 0.6) is 0 Å². The molecule has 3 aromatic rings. The molecule has 5 nitrogen and oxygen atoms in total. The number of nitrogens with zero attached hydrogens (tertiary/aromatic N) is 2.